The van der Waals surface area contributed by atoms with Crippen molar-refractivity contribution in [3.63, 3.8) is 0 Å². The monoisotopic (exact) mass is 278 g/mol. The van der Waals surface area contributed by atoms with Gasteiger partial charge in [0.15, 0.2) is 0 Å². The zero-order valence-corrected chi connectivity index (χ0v) is 12.7. The molecule has 2 bridgehead atoms. The lowest BCUT2D eigenvalue weighted by Gasteiger charge is -2.34. The molecule has 4 atom stereocenters. The van der Waals surface area contributed by atoms with Gasteiger partial charge in [-0.3, -0.25) is 9.59 Å². The molecule has 112 valence electrons. The number of amides is 2. The molecule has 4 heteroatoms. The maximum absolute atomic E-state index is 12.7. The minimum Gasteiger partial charge on any atom is -0.342 e. The highest BCUT2D eigenvalue weighted by Crippen LogP contribution is 2.48. The quantitative estimate of drug-likeness (QED) is 0.857. The molecule has 4 nitrogen and oxygen atoms in total. The molecule has 1 heterocycles. The maximum Gasteiger partial charge on any atom is 0.248 e. The number of carbonyl (C=O) groups is 2. The van der Waals surface area contributed by atoms with E-state index in [0.29, 0.717) is 25.3 Å². The van der Waals surface area contributed by atoms with Crippen LogP contribution in [0.4, 0.5) is 0 Å². The van der Waals surface area contributed by atoms with E-state index in [2.05, 4.69) is 5.32 Å². The van der Waals surface area contributed by atoms with Gasteiger partial charge in [-0.25, -0.2) is 0 Å². The van der Waals surface area contributed by atoms with Gasteiger partial charge in [0.2, 0.25) is 11.8 Å². The number of nitrogens with zero attached hydrogens (tertiary/aromatic N) is 1. The van der Waals surface area contributed by atoms with Crippen molar-refractivity contribution in [3.8, 4) is 0 Å². The summed E-state index contributed by atoms with van der Waals surface area (Å²) in [5.74, 6) is 2.54. The van der Waals surface area contributed by atoms with E-state index in [1.807, 2.05) is 18.7 Å². The van der Waals surface area contributed by atoms with Crippen LogP contribution in [0.2, 0.25) is 0 Å². The summed E-state index contributed by atoms with van der Waals surface area (Å²) in [6.07, 6.45) is 6.50. The molecule has 0 aromatic carbocycles. The first-order valence-corrected chi connectivity index (χ1v) is 8.12. The minimum absolute atomic E-state index is 0.0122. The van der Waals surface area contributed by atoms with Gasteiger partial charge in [-0.2, -0.15) is 0 Å². The second-order valence-corrected chi connectivity index (χ2v) is 7.17. The van der Waals surface area contributed by atoms with Gasteiger partial charge in [0.1, 0.15) is 5.54 Å². The number of fused-ring (bicyclic) bond motifs is 2. The van der Waals surface area contributed by atoms with Gasteiger partial charge < -0.3 is 10.2 Å². The Morgan fingerprint density at radius 3 is 2.70 bits per heavy atom. The topological polar surface area (TPSA) is 49.4 Å². The Labute approximate surface area is 121 Å². The first-order valence-electron chi connectivity index (χ1n) is 8.12. The van der Waals surface area contributed by atoms with Gasteiger partial charge in [-0.1, -0.05) is 13.3 Å². The molecule has 1 aliphatic heterocycles. The number of carbonyl (C=O) groups excluding carboxylic acids is 2. The van der Waals surface area contributed by atoms with Crippen LogP contribution in [0.3, 0.4) is 0 Å². The molecule has 4 unspecified atom stereocenters. The smallest absolute Gasteiger partial charge is 0.248 e. The van der Waals surface area contributed by atoms with Crippen LogP contribution in [0.15, 0.2) is 0 Å². The van der Waals surface area contributed by atoms with E-state index in [1.165, 1.54) is 25.7 Å². The van der Waals surface area contributed by atoms with Crippen LogP contribution < -0.4 is 5.32 Å². The zero-order chi connectivity index (χ0) is 14.3. The average Bonchev–Trinajstić information content (AvgIpc) is 3.02. The third-order valence-electron chi connectivity index (χ3n) is 5.83. The molecule has 0 aromatic heterocycles. The van der Waals surface area contributed by atoms with Gasteiger partial charge in [0, 0.05) is 19.5 Å². The second kappa shape index (κ2) is 5.05. The Morgan fingerprint density at radius 1 is 1.30 bits per heavy atom. The van der Waals surface area contributed by atoms with Gasteiger partial charge in [-0.15, -0.1) is 0 Å². The lowest BCUT2D eigenvalue weighted by Crippen LogP contribution is -2.55. The summed E-state index contributed by atoms with van der Waals surface area (Å²) >= 11 is 0. The Hall–Kier alpha value is -1.06. The summed E-state index contributed by atoms with van der Waals surface area (Å²) in [6.45, 7) is 5.30. The van der Waals surface area contributed by atoms with E-state index in [-0.39, 0.29) is 11.8 Å². The van der Waals surface area contributed by atoms with E-state index >= 15 is 0 Å². The molecule has 0 radical (unpaired) electrons. The number of nitrogens with one attached hydrogen (secondary N) is 1. The van der Waals surface area contributed by atoms with Crippen LogP contribution in [0, 0.1) is 17.8 Å². The van der Waals surface area contributed by atoms with Crippen LogP contribution >= 0.6 is 0 Å². The lowest BCUT2D eigenvalue weighted by molar-refractivity contribution is -0.139. The molecule has 0 aromatic rings. The number of hydrogen-bond acceptors (Lipinski definition) is 2. The third kappa shape index (κ3) is 2.33. The molecule has 1 N–H and O–H groups in total. The lowest BCUT2D eigenvalue weighted by atomic mass is 9.88. The van der Waals surface area contributed by atoms with Crippen molar-refractivity contribution >= 4 is 11.8 Å². The van der Waals surface area contributed by atoms with Crippen molar-refractivity contribution in [1.29, 1.82) is 0 Å². The summed E-state index contributed by atoms with van der Waals surface area (Å²) in [6, 6.07) is 0. The van der Waals surface area contributed by atoms with Gasteiger partial charge in [0.25, 0.3) is 0 Å². The average molecular weight is 278 g/mol. The molecular formula is C16H26N2O2. The second-order valence-electron chi connectivity index (χ2n) is 7.17. The van der Waals surface area contributed by atoms with Crippen molar-refractivity contribution in [3.05, 3.63) is 0 Å². The summed E-state index contributed by atoms with van der Waals surface area (Å²) in [5, 5.41) is 2.91. The maximum atomic E-state index is 12.7. The van der Waals surface area contributed by atoms with Crippen LogP contribution in [0.25, 0.3) is 0 Å². The third-order valence-corrected chi connectivity index (χ3v) is 5.83. The van der Waals surface area contributed by atoms with E-state index in [1.54, 1.807) is 0 Å². The van der Waals surface area contributed by atoms with E-state index < -0.39 is 5.54 Å². The molecule has 3 aliphatic rings. The highest BCUT2D eigenvalue weighted by molar-refractivity contribution is 5.93. The summed E-state index contributed by atoms with van der Waals surface area (Å²) in [4.78, 5) is 26.5. The summed E-state index contributed by atoms with van der Waals surface area (Å²) < 4.78 is 0. The first kappa shape index (κ1) is 13.9. The van der Waals surface area contributed by atoms with Crippen LogP contribution in [0.5, 0.6) is 0 Å². The van der Waals surface area contributed by atoms with Crippen molar-refractivity contribution in [1.82, 2.24) is 10.2 Å². The van der Waals surface area contributed by atoms with Gasteiger partial charge in [-0.05, 0) is 50.4 Å². The Balaban J connectivity index is 1.71. The normalized spacial score (nSPS) is 40.9. The van der Waals surface area contributed by atoms with Crippen LogP contribution in [0.1, 0.15) is 52.4 Å². The minimum atomic E-state index is -0.703. The molecule has 2 aliphatic carbocycles. The fourth-order valence-corrected chi connectivity index (χ4v) is 4.41. The van der Waals surface area contributed by atoms with Crippen LogP contribution in [-0.4, -0.2) is 35.3 Å². The van der Waals surface area contributed by atoms with E-state index in [4.69, 9.17) is 0 Å². The Kier molecular flexibility index (Phi) is 3.51. The number of rotatable bonds is 3. The van der Waals surface area contributed by atoms with Crippen molar-refractivity contribution in [2.75, 3.05) is 13.1 Å². The zero-order valence-electron chi connectivity index (χ0n) is 12.7. The molecular weight excluding hydrogens is 252 g/mol. The molecule has 0 spiro atoms. The first-order chi connectivity index (χ1) is 9.51. The molecule has 3 rings (SSSR count). The van der Waals surface area contributed by atoms with Crippen molar-refractivity contribution in [2.45, 2.75) is 57.9 Å². The number of hydrogen-bond donors (Lipinski definition) is 1. The molecule has 2 amide bonds. The summed E-state index contributed by atoms with van der Waals surface area (Å²) in [5.41, 5.74) is -0.703. The fourth-order valence-electron chi connectivity index (χ4n) is 4.41. The van der Waals surface area contributed by atoms with Gasteiger partial charge in [0.05, 0.1) is 0 Å². The van der Waals surface area contributed by atoms with E-state index in [0.717, 1.165) is 18.4 Å². The van der Waals surface area contributed by atoms with E-state index in [9.17, 15) is 9.59 Å². The predicted molar refractivity (Wildman–Crippen MR) is 77.0 cm³/mol. The SMILES string of the molecule is CCC1(C)NC(=O)CCN(CC2CC3CCC2C3)C1=O. The molecule has 2 saturated carbocycles. The fraction of sp³-hybridized carbons (Fsp3) is 0.875. The standard InChI is InChI=1S/C16H26N2O2/c1-3-16(2)15(20)18(7-6-14(19)17-16)10-13-9-11-4-5-12(13)8-11/h11-13H,3-10H2,1-2H3,(H,17,19). The summed E-state index contributed by atoms with van der Waals surface area (Å²) in [7, 11) is 0. The van der Waals surface area contributed by atoms with Crippen molar-refractivity contribution < 1.29 is 9.59 Å². The molecule has 1 saturated heterocycles. The highest BCUT2D eigenvalue weighted by atomic mass is 16.2. The Morgan fingerprint density at radius 2 is 2.10 bits per heavy atom. The Bertz CT molecular complexity index is 423. The highest BCUT2D eigenvalue weighted by Gasteiger charge is 2.44. The van der Waals surface area contributed by atoms with Crippen LogP contribution in [-0.2, 0) is 9.59 Å². The molecule has 3 fully saturated rings. The predicted octanol–water partition coefficient (Wildman–Crippen LogP) is 1.94. The largest absolute Gasteiger partial charge is 0.342 e. The molecule has 20 heavy (non-hydrogen) atoms. The van der Waals surface area contributed by atoms with Crippen molar-refractivity contribution in [2.24, 2.45) is 17.8 Å². The van der Waals surface area contributed by atoms with Gasteiger partial charge >= 0.3 is 0 Å².